The predicted molar refractivity (Wildman–Crippen MR) is 138 cm³/mol. The number of carbonyl (C=O) groups is 2. The van der Waals surface area contributed by atoms with Gasteiger partial charge in [-0.1, -0.05) is 121 Å². The Morgan fingerprint density at radius 2 is 0.771 bits per heavy atom. The summed E-state index contributed by atoms with van der Waals surface area (Å²) >= 11 is 0. The summed E-state index contributed by atoms with van der Waals surface area (Å²) in [7, 11) is -4.25. The number of rotatable bonds is 10. The molecule has 0 saturated carbocycles. The number of Topliss-reactive ketones (excluding diaryl/α,β-unsaturated/α-hetero) is 2. The van der Waals surface area contributed by atoms with Gasteiger partial charge in [-0.15, -0.1) is 0 Å². The Morgan fingerprint density at radius 3 is 1.09 bits per heavy atom. The molecule has 4 rings (SSSR count). The van der Waals surface area contributed by atoms with Crippen molar-refractivity contribution in [1.29, 1.82) is 0 Å². The van der Waals surface area contributed by atoms with E-state index in [9.17, 15) is 18.0 Å². The summed E-state index contributed by atoms with van der Waals surface area (Å²) in [5.74, 6) is -1.01. The first-order chi connectivity index (χ1) is 17.0. The van der Waals surface area contributed by atoms with Gasteiger partial charge in [-0.25, -0.2) is 8.42 Å². The molecule has 0 spiro atoms. The Labute approximate surface area is 206 Å². The lowest BCUT2D eigenvalue weighted by molar-refractivity contribution is 0.0981. The second-order valence-electron chi connectivity index (χ2n) is 8.41. The molecule has 0 aliphatic heterocycles. The van der Waals surface area contributed by atoms with Crippen molar-refractivity contribution in [2.45, 2.75) is 23.3 Å². The molecule has 0 amide bonds. The SMILES string of the molecule is O=C(c1ccccc1)C(Cc1ccccc1)S(=O)(=O)C(Cc1ccccc1)C(=O)c1ccccc1. The van der Waals surface area contributed by atoms with Crippen molar-refractivity contribution in [3.63, 3.8) is 0 Å². The van der Waals surface area contributed by atoms with Crippen LogP contribution in [-0.2, 0) is 22.7 Å². The van der Waals surface area contributed by atoms with Crippen molar-refractivity contribution < 1.29 is 18.0 Å². The molecule has 4 nitrogen and oxygen atoms in total. The summed E-state index contributed by atoms with van der Waals surface area (Å²) < 4.78 is 28.5. The quantitative estimate of drug-likeness (QED) is 0.284. The van der Waals surface area contributed by atoms with Gasteiger partial charge in [-0.2, -0.15) is 0 Å². The van der Waals surface area contributed by atoms with Gasteiger partial charge in [-0.05, 0) is 24.0 Å². The van der Waals surface area contributed by atoms with Crippen molar-refractivity contribution >= 4 is 21.4 Å². The second kappa shape index (κ2) is 11.1. The molecule has 0 bridgehead atoms. The van der Waals surface area contributed by atoms with E-state index in [1.165, 1.54) is 0 Å². The highest BCUT2D eigenvalue weighted by atomic mass is 32.2. The maximum atomic E-state index is 14.2. The standard InChI is InChI=1S/C30H26O4S/c31-29(25-17-9-3-10-18-25)27(21-23-13-5-1-6-14-23)35(33,34)28(22-24-15-7-2-8-16-24)30(32)26-19-11-4-12-20-26/h1-20,27-28H,21-22H2. The number of sulfone groups is 1. The second-order valence-corrected chi connectivity index (χ2v) is 10.7. The Bertz CT molecular complexity index is 1260. The van der Waals surface area contributed by atoms with E-state index in [1.807, 2.05) is 36.4 Å². The first kappa shape index (κ1) is 24.3. The molecule has 2 unspecified atom stereocenters. The number of ketones is 2. The third kappa shape index (κ3) is 5.81. The summed E-state index contributed by atoms with van der Waals surface area (Å²) in [6.07, 6.45) is -0.0193. The molecule has 0 aromatic heterocycles. The summed E-state index contributed by atoms with van der Waals surface area (Å²) in [6.45, 7) is 0. The Balaban J connectivity index is 1.80. The zero-order chi connectivity index (χ0) is 24.7. The molecule has 0 radical (unpaired) electrons. The van der Waals surface area contributed by atoms with Gasteiger partial charge in [0, 0.05) is 11.1 Å². The number of benzene rings is 4. The lowest BCUT2D eigenvalue weighted by Gasteiger charge is -2.24. The van der Waals surface area contributed by atoms with E-state index in [1.54, 1.807) is 84.9 Å². The van der Waals surface area contributed by atoms with Crippen molar-refractivity contribution in [3.8, 4) is 0 Å². The van der Waals surface area contributed by atoms with E-state index >= 15 is 0 Å². The van der Waals surface area contributed by atoms with Crippen LogP contribution in [0.1, 0.15) is 31.8 Å². The van der Waals surface area contributed by atoms with Crippen LogP contribution in [0, 0.1) is 0 Å². The lowest BCUT2D eigenvalue weighted by atomic mass is 10.0. The molecule has 0 aliphatic rings. The molecule has 4 aromatic rings. The van der Waals surface area contributed by atoms with Crippen molar-refractivity contribution in [3.05, 3.63) is 144 Å². The van der Waals surface area contributed by atoms with Gasteiger partial charge in [0.05, 0.1) is 0 Å². The number of hydrogen-bond acceptors (Lipinski definition) is 4. The topological polar surface area (TPSA) is 68.3 Å². The van der Waals surface area contributed by atoms with Crippen molar-refractivity contribution in [2.24, 2.45) is 0 Å². The van der Waals surface area contributed by atoms with Crippen LogP contribution in [-0.4, -0.2) is 30.5 Å². The molecular weight excluding hydrogens is 456 g/mol. The van der Waals surface area contributed by atoms with Gasteiger partial charge in [0.25, 0.3) is 0 Å². The maximum absolute atomic E-state index is 14.2. The molecule has 2 atom stereocenters. The van der Waals surface area contributed by atoms with Crippen LogP contribution in [0.15, 0.2) is 121 Å². The monoisotopic (exact) mass is 482 g/mol. The van der Waals surface area contributed by atoms with Crippen LogP contribution in [0.2, 0.25) is 0 Å². The van der Waals surface area contributed by atoms with Crippen LogP contribution < -0.4 is 0 Å². The first-order valence-corrected chi connectivity index (χ1v) is 13.1. The van der Waals surface area contributed by atoms with Gasteiger partial charge in [0.15, 0.2) is 21.4 Å². The predicted octanol–water partition coefficient (Wildman–Crippen LogP) is 5.39. The van der Waals surface area contributed by atoms with E-state index in [0.717, 1.165) is 11.1 Å². The van der Waals surface area contributed by atoms with Gasteiger partial charge < -0.3 is 0 Å². The normalized spacial score (nSPS) is 13.0. The average molecular weight is 483 g/mol. The maximum Gasteiger partial charge on any atom is 0.181 e. The summed E-state index contributed by atoms with van der Waals surface area (Å²) in [6, 6.07) is 34.9. The zero-order valence-corrected chi connectivity index (χ0v) is 20.0. The molecule has 176 valence electrons. The summed E-state index contributed by atoms with van der Waals surface area (Å²) in [5.41, 5.74) is 2.05. The van der Waals surface area contributed by atoms with Gasteiger partial charge >= 0.3 is 0 Å². The van der Waals surface area contributed by atoms with Crippen LogP contribution in [0.5, 0.6) is 0 Å². The molecule has 35 heavy (non-hydrogen) atoms. The van der Waals surface area contributed by atoms with Gasteiger partial charge in [0.1, 0.15) is 10.5 Å². The van der Waals surface area contributed by atoms with E-state index < -0.39 is 31.9 Å². The van der Waals surface area contributed by atoms with E-state index in [2.05, 4.69) is 0 Å². The molecule has 0 heterocycles. The third-order valence-electron chi connectivity index (χ3n) is 6.02. The van der Waals surface area contributed by atoms with Crippen LogP contribution >= 0.6 is 0 Å². The smallest absolute Gasteiger partial charge is 0.181 e. The lowest BCUT2D eigenvalue weighted by Crippen LogP contribution is -2.44. The van der Waals surface area contributed by atoms with Crippen molar-refractivity contribution in [2.75, 3.05) is 0 Å². The van der Waals surface area contributed by atoms with Crippen LogP contribution in [0.4, 0.5) is 0 Å². The molecular formula is C30H26O4S. The fourth-order valence-electron chi connectivity index (χ4n) is 4.15. The fraction of sp³-hybridized carbons (Fsp3) is 0.133. The molecule has 4 aromatic carbocycles. The highest BCUT2D eigenvalue weighted by Crippen LogP contribution is 2.25. The minimum absolute atomic E-state index is 0.00966. The summed E-state index contributed by atoms with van der Waals surface area (Å²) in [4.78, 5) is 27.2. The number of hydrogen-bond donors (Lipinski definition) is 0. The highest BCUT2D eigenvalue weighted by Gasteiger charge is 2.43. The van der Waals surface area contributed by atoms with E-state index in [4.69, 9.17) is 0 Å². The average Bonchev–Trinajstić information content (AvgIpc) is 2.91. The zero-order valence-electron chi connectivity index (χ0n) is 19.2. The summed E-state index contributed by atoms with van der Waals surface area (Å²) in [5, 5.41) is -2.79. The largest absolute Gasteiger partial charge is 0.293 e. The molecule has 0 saturated heterocycles. The van der Waals surface area contributed by atoms with Crippen LogP contribution in [0.25, 0.3) is 0 Å². The van der Waals surface area contributed by atoms with Gasteiger partial charge in [0.2, 0.25) is 0 Å². The Kier molecular flexibility index (Phi) is 7.68. The minimum atomic E-state index is -4.25. The third-order valence-corrected chi connectivity index (χ3v) is 8.37. The molecule has 0 fully saturated rings. The Morgan fingerprint density at radius 1 is 0.486 bits per heavy atom. The molecule has 0 aliphatic carbocycles. The Hall–Kier alpha value is -3.83. The van der Waals surface area contributed by atoms with E-state index in [-0.39, 0.29) is 12.8 Å². The van der Waals surface area contributed by atoms with Crippen molar-refractivity contribution in [1.82, 2.24) is 0 Å². The number of carbonyl (C=O) groups excluding carboxylic acids is 2. The highest BCUT2D eigenvalue weighted by molar-refractivity contribution is 7.94. The first-order valence-electron chi connectivity index (χ1n) is 11.5. The van der Waals surface area contributed by atoms with Crippen LogP contribution in [0.3, 0.4) is 0 Å². The molecule has 0 N–H and O–H groups in total. The van der Waals surface area contributed by atoms with Gasteiger partial charge in [-0.3, -0.25) is 9.59 Å². The van der Waals surface area contributed by atoms with E-state index in [0.29, 0.717) is 11.1 Å². The minimum Gasteiger partial charge on any atom is -0.293 e. The fourth-order valence-corrected chi connectivity index (χ4v) is 6.26. The molecule has 5 heteroatoms.